The number of fused-ring (bicyclic) bond motifs is 1. The molecule has 2 aromatic carbocycles. The molecule has 0 saturated heterocycles. The molecule has 0 aliphatic carbocycles. The van der Waals surface area contributed by atoms with Gasteiger partial charge >= 0.3 is 0 Å². The van der Waals surface area contributed by atoms with Crippen LogP contribution in [-0.4, -0.2) is 29.7 Å². The van der Waals surface area contributed by atoms with E-state index in [1.807, 2.05) is 19.9 Å². The smallest absolute Gasteiger partial charge is 0.253 e. The van der Waals surface area contributed by atoms with Crippen LogP contribution in [0.2, 0.25) is 0 Å². The van der Waals surface area contributed by atoms with Crippen molar-refractivity contribution in [3.63, 3.8) is 0 Å². The standard InChI is InChI=1S/C23H23FN2O2/c1-23(2)10-4-12-26(11-3-5-19(15-25)21(23)27)22(28)18-7-6-17-14-20(24)9-8-16(17)13-18/h5-9,13-14H,3-4,10-12H2,1-2H3/b19-5-. The van der Waals surface area contributed by atoms with Crippen molar-refractivity contribution in [3.8, 4) is 6.07 Å². The molecule has 5 heteroatoms. The van der Waals surface area contributed by atoms with E-state index in [-0.39, 0.29) is 23.1 Å². The third-order valence-corrected chi connectivity index (χ3v) is 5.29. The summed E-state index contributed by atoms with van der Waals surface area (Å²) in [6, 6.07) is 11.7. The molecule has 0 spiro atoms. The first-order valence-corrected chi connectivity index (χ1v) is 9.45. The highest BCUT2D eigenvalue weighted by Crippen LogP contribution is 2.28. The molecule has 1 heterocycles. The Balaban J connectivity index is 1.85. The molecule has 1 aliphatic heterocycles. The number of carbonyl (C=O) groups is 2. The van der Waals surface area contributed by atoms with Crippen molar-refractivity contribution in [2.24, 2.45) is 5.41 Å². The van der Waals surface area contributed by atoms with Crippen LogP contribution < -0.4 is 0 Å². The van der Waals surface area contributed by atoms with Gasteiger partial charge in [0.15, 0.2) is 5.78 Å². The SMILES string of the molecule is CC1(C)CCCN(C(=O)c2ccc3cc(F)ccc3c2)CC/C=C(/C#N)C1=O. The van der Waals surface area contributed by atoms with E-state index in [1.54, 1.807) is 35.2 Å². The molecule has 0 N–H and O–H groups in total. The lowest BCUT2D eigenvalue weighted by Gasteiger charge is -2.28. The monoisotopic (exact) mass is 378 g/mol. The highest BCUT2D eigenvalue weighted by atomic mass is 19.1. The average molecular weight is 378 g/mol. The number of nitriles is 1. The Bertz CT molecular complexity index is 1000. The zero-order valence-corrected chi connectivity index (χ0v) is 16.2. The van der Waals surface area contributed by atoms with Crippen LogP contribution in [0.3, 0.4) is 0 Å². The number of Topliss-reactive ketones (excluding diaryl/α,β-unsaturated/α-hetero) is 1. The fourth-order valence-corrected chi connectivity index (χ4v) is 3.59. The molecule has 0 saturated carbocycles. The molecule has 0 aromatic heterocycles. The number of nitrogens with zero attached hydrogens (tertiary/aromatic N) is 2. The lowest BCUT2D eigenvalue weighted by molar-refractivity contribution is -0.123. The minimum Gasteiger partial charge on any atom is -0.338 e. The molecular formula is C23H23FN2O2. The molecule has 144 valence electrons. The van der Waals surface area contributed by atoms with Crippen molar-refractivity contribution in [3.05, 3.63) is 59.4 Å². The van der Waals surface area contributed by atoms with E-state index in [2.05, 4.69) is 0 Å². The van der Waals surface area contributed by atoms with Crippen LogP contribution in [0.1, 0.15) is 43.5 Å². The Kier molecular flexibility index (Phi) is 5.60. The normalized spacial score (nSPS) is 19.6. The third-order valence-electron chi connectivity index (χ3n) is 5.29. The van der Waals surface area contributed by atoms with Crippen molar-refractivity contribution in [2.45, 2.75) is 33.1 Å². The molecule has 2 aromatic rings. The zero-order valence-electron chi connectivity index (χ0n) is 16.2. The van der Waals surface area contributed by atoms with Gasteiger partial charge in [0.05, 0.1) is 5.57 Å². The van der Waals surface area contributed by atoms with Gasteiger partial charge in [-0.1, -0.05) is 32.1 Å². The maximum absolute atomic E-state index is 13.4. The van der Waals surface area contributed by atoms with Crippen LogP contribution in [-0.2, 0) is 4.79 Å². The first-order valence-electron chi connectivity index (χ1n) is 9.45. The second kappa shape index (κ2) is 7.93. The first-order chi connectivity index (χ1) is 13.3. The number of allylic oxidation sites excluding steroid dienone is 1. The fraction of sp³-hybridized carbons (Fsp3) is 0.348. The number of hydrogen-bond acceptors (Lipinski definition) is 3. The molecular weight excluding hydrogens is 355 g/mol. The lowest BCUT2D eigenvalue weighted by atomic mass is 9.79. The average Bonchev–Trinajstić information content (AvgIpc) is 2.68. The number of rotatable bonds is 1. The van der Waals surface area contributed by atoms with Gasteiger partial charge in [-0.2, -0.15) is 5.26 Å². The van der Waals surface area contributed by atoms with E-state index in [9.17, 15) is 19.2 Å². The van der Waals surface area contributed by atoms with E-state index in [0.717, 1.165) is 10.8 Å². The van der Waals surface area contributed by atoms with Crippen molar-refractivity contribution in [2.75, 3.05) is 13.1 Å². The maximum Gasteiger partial charge on any atom is 0.253 e. The lowest BCUT2D eigenvalue weighted by Crippen LogP contribution is -2.35. The molecule has 3 rings (SSSR count). The highest BCUT2D eigenvalue weighted by Gasteiger charge is 2.31. The Morgan fingerprint density at radius 3 is 2.61 bits per heavy atom. The fourth-order valence-electron chi connectivity index (χ4n) is 3.59. The molecule has 0 bridgehead atoms. The van der Waals surface area contributed by atoms with Gasteiger partial charge in [0.2, 0.25) is 0 Å². The summed E-state index contributed by atoms with van der Waals surface area (Å²) >= 11 is 0. The van der Waals surface area contributed by atoms with E-state index in [0.29, 0.717) is 37.9 Å². The van der Waals surface area contributed by atoms with Crippen LogP contribution in [0.4, 0.5) is 4.39 Å². The predicted molar refractivity (Wildman–Crippen MR) is 106 cm³/mol. The van der Waals surface area contributed by atoms with Crippen molar-refractivity contribution in [1.29, 1.82) is 5.26 Å². The number of benzene rings is 2. The minimum atomic E-state index is -0.624. The summed E-state index contributed by atoms with van der Waals surface area (Å²) in [4.78, 5) is 27.3. The number of halogens is 1. The summed E-state index contributed by atoms with van der Waals surface area (Å²) in [6.45, 7) is 4.68. The van der Waals surface area contributed by atoms with Gasteiger partial charge in [0, 0.05) is 24.1 Å². The minimum absolute atomic E-state index is 0.0946. The van der Waals surface area contributed by atoms with Gasteiger partial charge in [-0.05, 0) is 54.3 Å². The Morgan fingerprint density at radius 2 is 1.86 bits per heavy atom. The maximum atomic E-state index is 13.4. The second-order valence-corrected chi connectivity index (χ2v) is 7.83. The summed E-state index contributed by atoms with van der Waals surface area (Å²) < 4.78 is 13.4. The molecule has 0 unspecified atom stereocenters. The van der Waals surface area contributed by atoms with Gasteiger partial charge in [-0.15, -0.1) is 0 Å². The third kappa shape index (κ3) is 4.12. The van der Waals surface area contributed by atoms with Crippen LogP contribution in [0, 0.1) is 22.6 Å². The Hall–Kier alpha value is -3.00. The van der Waals surface area contributed by atoms with Crippen LogP contribution in [0.25, 0.3) is 10.8 Å². The molecule has 0 radical (unpaired) electrons. The van der Waals surface area contributed by atoms with E-state index < -0.39 is 5.41 Å². The largest absolute Gasteiger partial charge is 0.338 e. The first kappa shape index (κ1) is 19.8. The highest BCUT2D eigenvalue weighted by molar-refractivity contribution is 6.02. The summed E-state index contributed by atoms with van der Waals surface area (Å²) in [7, 11) is 0. The summed E-state index contributed by atoms with van der Waals surface area (Å²) in [5.41, 5.74) is 0.101. The quantitative estimate of drug-likeness (QED) is 0.726. The predicted octanol–water partition coefficient (Wildman–Crippen LogP) is 4.65. The molecule has 4 nitrogen and oxygen atoms in total. The Morgan fingerprint density at radius 1 is 1.14 bits per heavy atom. The number of hydrogen-bond donors (Lipinski definition) is 0. The van der Waals surface area contributed by atoms with Crippen molar-refractivity contribution < 1.29 is 14.0 Å². The van der Waals surface area contributed by atoms with Crippen LogP contribution in [0.5, 0.6) is 0 Å². The van der Waals surface area contributed by atoms with Crippen LogP contribution >= 0.6 is 0 Å². The number of carbonyl (C=O) groups excluding carboxylic acids is 2. The molecule has 0 atom stereocenters. The molecule has 28 heavy (non-hydrogen) atoms. The van der Waals surface area contributed by atoms with Gasteiger partial charge in [0.1, 0.15) is 11.9 Å². The second-order valence-electron chi connectivity index (χ2n) is 7.83. The molecule has 0 fully saturated rings. The van der Waals surface area contributed by atoms with Gasteiger partial charge in [-0.25, -0.2) is 4.39 Å². The molecule has 1 amide bonds. The number of amides is 1. The zero-order chi connectivity index (χ0) is 20.3. The van der Waals surface area contributed by atoms with E-state index >= 15 is 0 Å². The van der Waals surface area contributed by atoms with Gasteiger partial charge in [0.25, 0.3) is 5.91 Å². The molecule has 1 aliphatic rings. The number of ketones is 1. The van der Waals surface area contributed by atoms with E-state index in [4.69, 9.17) is 0 Å². The van der Waals surface area contributed by atoms with E-state index in [1.165, 1.54) is 12.1 Å². The van der Waals surface area contributed by atoms with Gasteiger partial charge < -0.3 is 4.90 Å². The summed E-state index contributed by atoms with van der Waals surface area (Å²) in [5, 5.41) is 10.9. The Labute approximate surface area is 164 Å². The topological polar surface area (TPSA) is 61.2 Å². The summed E-state index contributed by atoms with van der Waals surface area (Å²) in [5.74, 6) is -0.528. The van der Waals surface area contributed by atoms with Crippen LogP contribution in [0.15, 0.2) is 48.0 Å². The van der Waals surface area contributed by atoms with Crippen molar-refractivity contribution >= 4 is 22.5 Å². The summed E-state index contributed by atoms with van der Waals surface area (Å²) in [6.07, 6.45) is 3.38. The van der Waals surface area contributed by atoms with Gasteiger partial charge in [-0.3, -0.25) is 9.59 Å². The van der Waals surface area contributed by atoms with Crippen molar-refractivity contribution in [1.82, 2.24) is 4.90 Å².